The van der Waals surface area contributed by atoms with Crippen LogP contribution in [-0.2, 0) is 10.0 Å². The molecule has 3 rings (SSSR count). The second-order valence-corrected chi connectivity index (χ2v) is 7.70. The lowest BCUT2D eigenvalue weighted by atomic mass is 10.3. The molecule has 2 aromatic heterocycles. The SMILES string of the molecule is Cc1nc2ccccc2n1S(=O)(=O)c1ccc(Cl)s1. The van der Waals surface area contributed by atoms with Crippen LogP contribution >= 0.6 is 22.9 Å². The van der Waals surface area contributed by atoms with Crippen molar-refractivity contribution in [2.24, 2.45) is 0 Å². The van der Waals surface area contributed by atoms with Crippen molar-refractivity contribution in [3.63, 3.8) is 0 Å². The number of imidazole rings is 1. The molecule has 0 unspecified atom stereocenters. The van der Waals surface area contributed by atoms with Crippen LogP contribution in [0.15, 0.2) is 40.6 Å². The van der Waals surface area contributed by atoms with E-state index in [0.717, 1.165) is 11.3 Å². The van der Waals surface area contributed by atoms with E-state index in [2.05, 4.69) is 4.98 Å². The van der Waals surface area contributed by atoms with Gasteiger partial charge in [-0.1, -0.05) is 23.7 Å². The highest BCUT2D eigenvalue weighted by molar-refractivity contribution is 7.92. The quantitative estimate of drug-likeness (QED) is 0.729. The minimum Gasteiger partial charge on any atom is -0.232 e. The molecule has 0 atom stereocenters. The Morgan fingerprint density at radius 2 is 1.95 bits per heavy atom. The van der Waals surface area contributed by atoms with Crippen molar-refractivity contribution in [3.8, 4) is 0 Å². The zero-order valence-electron chi connectivity index (χ0n) is 9.87. The fraction of sp³-hybridized carbons (Fsp3) is 0.0833. The fourth-order valence-corrected chi connectivity index (χ4v) is 5.00. The molecule has 0 aliphatic carbocycles. The van der Waals surface area contributed by atoms with Crippen LogP contribution in [0, 0.1) is 6.92 Å². The van der Waals surface area contributed by atoms with E-state index in [4.69, 9.17) is 11.6 Å². The predicted octanol–water partition coefficient (Wildman–Crippen LogP) is 3.30. The van der Waals surface area contributed by atoms with Crippen LogP contribution < -0.4 is 0 Å². The molecule has 1 aromatic carbocycles. The van der Waals surface area contributed by atoms with Crippen molar-refractivity contribution >= 4 is 44.0 Å². The monoisotopic (exact) mass is 312 g/mol. The van der Waals surface area contributed by atoms with Crippen molar-refractivity contribution in [1.29, 1.82) is 0 Å². The summed E-state index contributed by atoms with van der Waals surface area (Å²) < 4.78 is 27.1. The van der Waals surface area contributed by atoms with Gasteiger partial charge in [0.1, 0.15) is 10.0 Å². The number of rotatable bonds is 2. The molecule has 0 amide bonds. The van der Waals surface area contributed by atoms with E-state index in [0.29, 0.717) is 21.2 Å². The Hall–Kier alpha value is -1.37. The number of fused-ring (bicyclic) bond motifs is 1. The largest absolute Gasteiger partial charge is 0.279 e. The summed E-state index contributed by atoms with van der Waals surface area (Å²) in [6, 6.07) is 10.2. The number of nitrogens with zero attached hydrogens (tertiary/aromatic N) is 2. The van der Waals surface area contributed by atoms with Gasteiger partial charge in [-0.3, -0.25) is 0 Å². The van der Waals surface area contributed by atoms with E-state index in [9.17, 15) is 8.42 Å². The van der Waals surface area contributed by atoms with Gasteiger partial charge in [-0.15, -0.1) is 11.3 Å². The molecule has 0 aliphatic heterocycles. The molecule has 19 heavy (non-hydrogen) atoms. The number of benzene rings is 1. The number of aromatic nitrogens is 2. The number of thiophene rings is 1. The lowest BCUT2D eigenvalue weighted by Gasteiger charge is -2.06. The molecule has 7 heteroatoms. The molecule has 0 fully saturated rings. The number of hydrogen-bond donors (Lipinski definition) is 0. The van der Waals surface area contributed by atoms with Crippen molar-refractivity contribution in [1.82, 2.24) is 8.96 Å². The lowest BCUT2D eigenvalue weighted by Crippen LogP contribution is -2.13. The lowest BCUT2D eigenvalue weighted by molar-refractivity contribution is 0.589. The van der Waals surface area contributed by atoms with E-state index >= 15 is 0 Å². The van der Waals surface area contributed by atoms with Crippen molar-refractivity contribution in [3.05, 3.63) is 46.6 Å². The fourth-order valence-electron chi connectivity index (χ4n) is 1.95. The van der Waals surface area contributed by atoms with Crippen LogP contribution in [0.5, 0.6) is 0 Å². The highest BCUT2D eigenvalue weighted by Crippen LogP contribution is 2.29. The van der Waals surface area contributed by atoms with Crippen LogP contribution in [0.4, 0.5) is 0 Å². The summed E-state index contributed by atoms with van der Waals surface area (Å²) in [6.45, 7) is 1.67. The Labute approximate surface area is 119 Å². The second-order valence-electron chi connectivity index (χ2n) is 3.98. The van der Waals surface area contributed by atoms with Crippen molar-refractivity contribution < 1.29 is 8.42 Å². The van der Waals surface area contributed by atoms with Gasteiger partial charge in [0.25, 0.3) is 10.0 Å². The summed E-state index contributed by atoms with van der Waals surface area (Å²) in [5.74, 6) is 0.436. The van der Waals surface area contributed by atoms with Crippen LogP contribution in [0.3, 0.4) is 0 Å². The first kappa shape index (κ1) is 12.7. The van der Waals surface area contributed by atoms with Crippen LogP contribution in [-0.4, -0.2) is 17.4 Å². The van der Waals surface area contributed by atoms with Crippen LogP contribution in [0.25, 0.3) is 11.0 Å². The first-order valence-corrected chi connectivity index (χ1v) is 8.08. The number of hydrogen-bond acceptors (Lipinski definition) is 4. The van der Waals surface area contributed by atoms with Gasteiger partial charge in [-0.25, -0.2) is 8.96 Å². The zero-order chi connectivity index (χ0) is 13.6. The molecule has 3 aromatic rings. The Balaban J connectivity index is 2.33. The summed E-state index contributed by atoms with van der Waals surface area (Å²) in [5.41, 5.74) is 1.23. The molecule has 0 spiro atoms. The van der Waals surface area contributed by atoms with Gasteiger partial charge in [0, 0.05) is 0 Å². The maximum atomic E-state index is 12.6. The van der Waals surface area contributed by atoms with Crippen molar-refractivity contribution in [2.45, 2.75) is 11.1 Å². The molecular formula is C12H9ClN2O2S2. The Bertz CT molecular complexity index is 865. The van der Waals surface area contributed by atoms with Gasteiger partial charge in [0.2, 0.25) is 0 Å². The van der Waals surface area contributed by atoms with E-state index in [1.54, 1.807) is 31.2 Å². The Morgan fingerprint density at radius 1 is 1.21 bits per heavy atom. The van der Waals surface area contributed by atoms with Crippen molar-refractivity contribution in [2.75, 3.05) is 0 Å². The van der Waals surface area contributed by atoms with Gasteiger partial charge >= 0.3 is 0 Å². The minimum atomic E-state index is -3.64. The van der Waals surface area contributed by atoms with Crippen LogP contribution in [0.1, 0.15) is 5.82 Å². The molecule has 0 aliphatic rings. The topological polar surface area (TPSA) is 52.0 Å². The Kier molecular flexibility index (Phi) is 2.88. The summed E-state index contributed by atoms with van der Waals surface area (Å²) in [7, 11) is -3.64. The number of halogens is 1. The van der Waals surface area contributed by atoms with Gasteiger partial charge in [0.05, 0.1) is 15.4 Å². The standard InChI is InChI=1S/C12H9ClN2O2S2/c1-8-14-9-4-2-3-5-10(9)15(8)19(16,17)12-7-6-11(13)18-12/h2-7H,1H3. The maximum absolute atomic E-state index is 12.6. The second kappa shape index (κ2) is 4.33. The summed E-state index contributed by atoms with van der Waals surface area (Å²) in [4.78, 5) is 4.27. The molecule has 98 valence electrons. The molecule has 0 bridgehead atoms. The highest BCUT2D eigenvalue weighted by Gasteiger charge is 2.23. The van der Waals surface area contributed by atoms with E-state index in [-0.39, 0.29) is 4.21 Å². The smallest absolute Gasteiger partial charge is 0.232 e. The number of para-hydroxylation sites is 2. The maximum Gasteiger partial charge on any atom is 0.279 e. The van der Waals surface area contributed by atoms with Gasteiger partial charge in [-0.2, -0.15) is 8.42 Å². The molecule has 0 radical (unpaired) electrons. The molecule has 2 heterocycles. The summed E-state index contributed by atoms with van der Waals surface area (Å²) in [6.07, 6.45) is 0. The summed E-state index contributed by atoms with van der Waals surface area (Å²) in [5, 5.41) is 0. The third-order valence-corrected chi connectivity index (χ3v) is 6.21. The normalized spacial score (nSPS) is 12.1. The highest BCUT2D eigenvalue weighted by atomic mass is 35.5. The number of aryl methyl sites for hydroxylation is 1. The third-order valence-electron chi connectivity index (χ3n) is 2.72. The van der Waals surface area contributed by atoms with E-state index < -0.39 is 10.0 Å². The van der Waals surface area contributed by atoms with Crippen LogP contribution in [0.2, 0.25) is 4.34 Å². The van der Waals surface area contributed by atoms with E-state index in [1.807, 2.05) is 6.07 Å². The average molecular weight is 313 g/mol. The first-order chi connectivity index (χ1) is 9.00. The predicted molar refractivity (Wildman–Crippen MR) is 76.4 cm³/mol. The summed E-state index contributed by atoms with van der Waals surface area (Å²) >= 11 is 6.85. The molecular weight excluding hydrogens is 304 g/mol. The molecule has 0 saturated heterocycles. The minimum absolute atomic E-state index is 0.212. The van der Waals surface area contributed by atoms with Gasteiger partial charge in [-0.05, 0) is 31.2 Å². The van der Waals surface area contributed by atoms with Gasteiger partial charge in [0.15, 0.2) is 0 Å². The average Bonchev–Trinajstić information content (AvgIpc) is 2.92. The first-order valence-electron chi connectivity index (χ1n) is 5.45. The Morgan fingerprint density at radius 3 is 2.63 bits per heavy atom. The molecule has 4 nitrogen and oxygen atoms in total. The van der Waals surface area contributed by atoms with E-state index in [1.165, 1.54) is 10.0 Å². The van der Waals surface area contributed by atoms with Gasteiger partial charge < -0.3 is 0 Å². The molecule has 0 N–H and O–H groups in total. The zero-order valence-corrected chi connectivity index (χ0v) is 12.3. The molecule has 0 saturated carbocycles. The third kappa shape index (κ3) is 1.96.